The van der Waals surface area contributed by atoms with Gasteiger partial charge in [0.15, 0.2) is 0 Å². The van der Waals surface area contributed by atoms with Crippen LogP contribution in [0, 0.1) is 0 Å². The van der Waals surface area contributed by atoms with Crippen LogP contribution in [0.4, 0.5) is 0 Å². The molecular formula is C14H19N5O2. The number of benzene rings is 1. The lowest BCUT2D eigenvalue weighted by Crippen LogP contribution is -2.55. The molecule has 0 spiro atoms. The van der Waals surface area contributed by atoms with E-state index in [1.54, 1.807) is 7.11 Å². The van der Waals surface area contributed by atoms with E-state index in [9.17, 15) is 4.79 Å². The molecule has 1 aliphatic rings. The van der Waals surface area contributed by atoms with Gasteiger partial charge in [-0.05, 0) is 48.1 Å². The molecule has 7 nitrogen and oxygen atoms in total. The Bertz CT molecular complexity index is 583. The van der Waals surface area contributed by atoms with Crippen LogP contribution in [-0.2, 0) is 16.8 Å². The molecule has 0 aliphatic heterocycles. The van der Waals surface area contributed by atoms with Crippen molar-refractivity contribution in [3.63, 3.8) is 0 Å². The molecule has 0 radical (unpaired) electrons. The molecule has 112 valence electrons. The lowest BCUT2D eigenvalue weighted by Gasteiger charge is -2.37. The third-order valence-corrected chi connectivity index (χ3v) is 3.90. The number of methoxy groups -OCH3 is 1. The Morgan fingerprint density at radius 2 is 2.43 bits per heavy atom. The topological polar surface area (TPSA) is 113 Å². The quantitative estimate of drug-likeness (QED) is 0.359. The van der Waals surface area contributed by atoms with Crippen molar-refractivity contribution in [1.29, 1.82) is 0 Å². The van der Waals surface area contributed by atoms with E-state index in [0.29, 0.717) is 18.7 Å². The predicted octanol–water partition coefficient (Wildman–Crippen LogP) is 1.61. The number of fused-ring (bicyclic) bond motifs is 1. The molecule has 0 bridgehead atoms. The van der Waals surface area contributed by atoms with E-state index in [1.807, 2.05) is 18.2 Å². The van der Waals surface area contributed by atoms with Crippen molar-refractivity contribution in [2.75, 3.05) is 20.2 Å². The van der Waals surface area contributed by atoms with Gasteiger partial charge in [-0.2, -0.15) is 0 Å². The first kappa shape index (κ1) is 15.2. The van der Waals surface area contributed by atoms with Crippen molar-refractivity contribution in [3.05, 3.63) is 39.8 Å². The van der Waals surface area contributed by atoms with Crippen molar-refractivity contribution in [1.82, 2.24) is 5.32 Å². The summed E-state index contributed by atoms with van der Waals surface area (Å²) in [6.07, 6.45) is 2.40. The van der Waals surface area contributed by atoms with Gasteiger partial charge in [0.25, 0.3) is 0 Å². The van der Waals surface area contributed by atoms with E-state index in [-0.39, 0.29) is 6.54 Å². The third-order valence-electron chi connectivity index (χ3n) is 3.90. The number of nitrogens with one attached hydrogen (secondary N) is 1. The second-order valence-corrected chi connectivity index (χ2v) is 5.03. The van der Waals surface area contributed by atoms with Crippen LogP contribution >= 0.6 is 0 Å². The van der Waals surface area contributed by atoms with E-state index in [2.05, 4.69) is 15.3 Å². The van der Waals surface area contributed by atoms with Crippen LogP contribution in [0.5, 0.6) is 5.75 Å². The maximum absolute atomic E-state index is 12.1. The summed E-state index contributed by atoms with van der Waals surface area (Å²) in [5.41, 5.74) is 15.0. The summed E-state index contributed by atoms with van der Waals surface area (Å²) in [6.45, 7) is 0.661. The van der Waals surface area contributed by atoms with Gasteiger partial charge in [-0.1, -0.05) is 11.2 Å². The molecule has 0 aromatic heterocycles. The molecule has 1 atom stereocenters. The Labute approximate surface area is 123 Å². The van der Waals surface area contributed by atoms with Gasteiger partial charge >= 0.3 is 0 Å². The monoisotopic (exact) mass is 289 g/mol. The number of aryl methyl sites for hydroxylation is 1. The highest BCUT2D eigenvalue weighted by atomic mass is 16.5. The smallest absolute Gasteiger partial charge is 0.242 e. The lowest BCUT2D eigenvalue weighted by molar-refractivity contribution is -0.125. The molecule has 3 N–H and O–H groups in total. The first-order valence-corrected chi connectivity index (χ1v) is 6.87. The molecule has 0 saturated heterocycles. The minimum Gasteiger partial charge on any atom is -0.497 e. The molecule has 1 amide bonds. The van der Waals surface area contributed by atoms with Crippen LogP contribution in [0.1, 0.15) is 24.0 Å². The third kappa shape index (κ3) is 2.94. The average molecular weight is 289 g/mol. The van der Waals surface area contributed by atoms with E-state index in [1.165, 1.54) is 0 Å². The molecule has 21 heavy (non-hydrogen) atoms. The zero-order chi connectivity index (χ0) is 15.3. The zero-order valence-corrected chi connectivity index (χ0v) is 12.0. The summed E-state index contributed by atoms with van der Waals surface area (Å²) in [7, 11) is 1.59. The molecular weight excluding hydrogens is 270 g/mol. The summed E-state index contributed by atoms with van der Waals surface area (Å²) >= 11 is 0. The second kappa shape index (κ2) is 6.47. The average Bonchev–Trinajstić information content (AvgIpc) is 2.51. The molecule has 0 saturated carbocycles. The fraction of sp³-hybridized carbons (Fsp3) is 0.500. The highest BCUT2D eigenvalue weighted by Gasteiger charge is 2.41. The number of hydrogen-bond donors (Lipinski definition) is 2. The molecule has 1 aromatic carbocycles. The SMILES string of the molecule is COc1ccc2c(c1)C(NCCN=[N+]=[N-])(C(N)=O)CCC2. The summed E-state index contributed by atoms with van der Waals surface area (Å²) < 4.78 is 5.25. The molecule has 2 rings (SSSR count). The number of hydrogen-bond acceptors (Lipinski definition) is 4. The molecule has 7 heteroatoms. The minimum absolute atomic E-state index is 0.269. The minimum atomic E-state index is -0.924. The fourth-order valence-corrected chi connectivity index (χ4v) is 2.87. The molecule has 0 fully saturated rings. The Morgan fingerprint density at radius 1 is 1.62 bits per heavy atom. The highest BCUT2D eigenvalue weighted by molar-refractivity contribution is 5.87. The van der Waals surface area contributed by atoms with Crippen LogP contribution in [0.3, 0.4) is 0 Å². The van der Waals surface area contributed by atoms with Crippen molar-refractivity contribution in [2.24, 2.45) is 10.8 Å². The van der Waals surface area contributed by atoms with Crippen molar-refractivity contribution in [2.45, 2.75) is 24.8 Å². The van der Waals surface area contributed by atoms with E-state index in [0.717, 1.165) is 24.0 Å². The van der Waals surface area contributed by atoms with Gasteiger partial charge in [0.2, 0.25) is 5.91 Å². The number of rotatable bonds is 6. The Hall–Kier alpha value is -2.24. The number of nitrogens with zero attached hydrogens (tertiary/aromatic N) is 3. The summed E-state index contributed by atoms with van der Waals surface area (Å²) in [4.78, 5) is 14.8. The van der Waals surface area contributed by atoms with Crippen molar-refractivity contribution >= 4 is 5.91 Å². The number of carbonyl (C=O) groups is 1. The molecule has 1 unspecified atom stereocenters. The first-order valence-electron chi connectivity index (χ1n) is 6.87. The maximum Gasteiger partial charge on any atom is 0.242 e. The van der Waals surface area contributed by atoms with Crippen molar-refractivity contribution < 1.29 is 9.53 Å². The molecule has 1 aromatic rings. The van der Waals surface area contributed by atoms with E-state index in [4.69, 9.17) is 16.0 Å². The van der Waals surface area contributed by atoms with Crippen LogP contribution < -0.4 is 15.8 Å². The van der Waals surface area contributed by atoms with Gasteiger partial charge in [0.1, 0.15) is 11.3 Å². The van der Waals surface area contributed by atoms with Crippen LogP contribution in [0.15, 0.2) is 23.3 Å². The van der Waals surface area contributed by atoms with Gasteiger partial charge in [-0.25, -0.2) is 0 Å². The predicted molar refractivity (Wildman–Crippen MR) is 78.8 cm³/mol. The van der Waals surface area contributed by atoms with E-state index >= 15 is 0 Å². The number of amides is 1. The number of azide groups is 1. The standard InChI is InChI=1S/C14H19N5O2/c1-21-11-5-4-10-3-2-6-14(13(15)20,12(10)9-11)17-7-8-18-19-16/h4-5,9,17H,2-3,6-8H2,1H3,(H2,15,20). The summed E-state index contributed by atoms with van der Waals surface area (Å²) in [5.74, 6) is 0.274. The number of nitrogens with two attached hydrogens (primary N) is 1. The second-order valence-electron chi connectivity index (χ2n) is 5.03. The number of ether oxygens (including phenoxy) is 1. The lowest BCUT2D eigenvalue weighted by atomic mass is 9.75. The normalized spacial score (nSPS) is 20.2. The van der Waals surface area contributed by atoms with Crippen LogP contribution in [-0.4, -0.2) is 26.1 Å². The zero-order valence-electron chi connectivity index (χ0n) is 12.0. The highest BCUT2D eigenvalue weighted by Crippen LogP contribution is 2.37. The van der Waals surface area contributed by atoms with Gasteiger partial charge < -0.3 is 10.5 Å². The van der Waals surface area contributed by atoms with Gasteiger partial charge in [0.05, 0.1) is 7.11 Å². The Balaban J connectivity index is 2.38. The number of primary amides is 1. The molecule has 1 aliphatic carbocycles. The fourth-order valence-electron chi connectivity index (χ4n) is 2.87. The summed E-state index contributed by atoms with van der Waals surface area (Å²) in [6, 6.07) is 5.72. The Kier molecular flexibility index (Phi) is 4.67. The summed E-state index contributed by atoms with van der Waals surface area (Å²) in [5, 5.41) is 6.66. The van der Waals surface area contributed by atoms with Crippen LogP contribution in [0.2, 0.25) is 0 Å². The Morgan fingerprint density at radius 3 is 3.10 bits per heavy atom. The van der Waals surface area contributed by atoms with Crippen LogP contribution in [0.25, 0.3) is 10.4 Å². The van der Waals surface area contributed by atoms with Gasteiger partial charge in [0, 0.05) is 18.0 Å². The molecule has 0 heterocycles. The van der Waals surface area contributed by atoms with E-state index < -0.39 is 11.4 Å². The first-order chi connectivity index (χ1) is 10.1. The number of carbonyl (C=O) groups excluding carboxylic acids is 1. The van der Waals surface area contributed by atoms with Crippen molar-refractivity contribution in [3.8, 4) is 5.75 Å². The van der Waals surface area contributed by atoms with Gasteiger partial charge in [-0.3, -0.25) is 10.1 Å². The van der Waals surface area contributed by atoms with Gasteiger partial charge in [-0.15, -0.1) is 0 Å². The maximum atomic E-state index is 12.1. The largest absolute Gasteiger partial charge is 0.497 e.